The van der Waals surface area contributed by atoms with Crippen molar-refractivity contribution >= 4 is 23.3 Å². The van der Waals surface area contributed by atoms with E-state index in [-0.39, 0.29) is 23.0 Å². The molecular weight excluding hydrogens is 276 g/mol. The van der Waals surface area contributed by atoms with Gasteiger partial charge in [-0.05, 0) is 36.8 Å². The van der Waals surface area contributed by atoms with Gasteiger partial charge in [0, 0.05) is 11.2 Å². The van der Waals surface area contributed by atoms with E-state index in [1.54, 1.807) is 18.3 Å². The first-order chi connectivity index (χ1) is 9.49. The molecule has 102 valence electrons. The first kappa shape index (κ1) is 14.0. The second kappa shape index (κ2) is 5.71. The number of aromatic nitrogens is 1. The molecule has 0 aliphatic rings. The number of amidine groups is 2. The number of hydrogen-bond acceptors (Lipinski definition) is 3. The highest BCUT2D eigenvalue weighted by molar-refractivity contribution is 6.31. The molecule has 6 heteroatoms. The van der Waals surface area contributed by atoms with E-state index >= 15 is 0 Å². The van der Waals surface area contributed by atoms with E-state index in [1.165, 1.54) is 12.1 Å². The zero-order valence-electron chi connectivity index (χ0n) is 10.8. The highest BCUT2D eigenvalue weighted by Crippen LogP contribution is 2.21. The monoisotopic (exact) mass is 288 g/mol. The average molecular weight is 289 g/mol. The summed E-state index contributed by atoms with van der Waals surface area (Å²) < 4.78 is 0. The maximum atomic E-state index is 9.74. The molecule has 0 spiro atoms. The Morgan fingerprint density at radius 2 is 2.15 bits per heavy atom. The van der Waals surface area contributed by atoms with Gasteiger partial charge in [-0.15, -0.1) is 0 Å². The molecule has 0 aliphatic carbocycles. The summed E-state index contributed by atoms with van der Waals surface area (Å²) in [5.41, 5.74) is 7.37. The third-order valence-corrected chi connectivity index (χ3v) is 2.94. The Morgan fingerprint density at radius 3 is 2.85 bits per heavy atom. The minimum absolute atomic E-state index is 0.0139. The Balaban J connectivity index is 2.38. The molecule has 0 atom stereocenters. The molecule has 2 aromatic rings. The van der Waals surface area contributed by atoms with Gasteiger partial charge in [-0.2, -0.15) is 0 Å². The molecule has 20 heavy (non-hydrogen) atoms. The second-order valence-corrected chi connectivity index (χ2v) is 4.61. The third-order valence-electron chi connectivity index (χ3n) is 2.70. The van der Waals surface area contributed by atoms with Gasteiger partial charge in [-0.3, -0.25) is 10.4 Å². The zero-order valence-corrected chi connectivity index (χ0v) is 11.5. The predicted molar refractivity (Wildman–Crippen MR) is 79.6 cm³/mol. The van der Waals surface area contributed by atoms with Crippen molar-refractivity contribution < 1.29 is 5.11 Å². The number of nitrogens with one attached hydrogen (secondary N) is 1. The van der Waals surface area contributed by atoms with Crippen LogP contribution in [0.15, 0.2) is 41.5 Å². The van der Waals surface area contributed by atoms with Crippen molar-refractivity contribution in [2.75, 3.05) is 0 Å². The van der Waals surface area contributed by atoms with Crippen LogP contribution in [0.3, 0.4) is 0 Å². The fraction of sp³-hybridized carbons (Fsp3) is 0.0714. The molecule has 0 saturated heterocycles. The van der Waals surface area contributed by atoms with E-state index in [1.807, 2.05) is 13.0 Å². The van der Waals surface area contributed by atoms with Gasteiger partial charge in [0.1, 0.15) is 17.3 Å². The molecule has 5 nitrogen and oxygen atoms in total. The quantitative estimate of drug-likeness (QED) is 0.585. The van der Waals surface area contributed by atoms with Gasteiger partial charge < -0.3 is 10.8 Å². The van der Waals surface area contributed by atoms with E-state index in [0.29, 0.717) is 10.7 Å². The summed E-state index contributed by atoms with van der Waals surface area (Å²) in [6, 6.07) is 8.08. The summed E-state index contributed by atoms with van der Waals surface area (Å²) in [5.74, 6) is -0.0961. The molecule has 1 heterocycles. The van der Waals surface area contributed by atoms with Crippen LogP contribution in [0.4, 0.5) is 0 Å². The van der Waals surface area contributed by atoms with Crippen molar-refractivity contribution in [2.24, 2.45) is 10.7 Å². The Kier molecular flexibility index (Phi) is 4.00. The maximum Gasteiger partial charge on any atom is 0.173 e. The second-order valence-electron chi connectivity index (χ2n) is 4.18. The van der Waals surface area contributed by atoms with E-state index in [0.717, 1.165) is 5.56 Å². The number of aromatic hydroxyl groups is 1. The molecule has 0 bridgehead atoms. The van der Waals surface area contributed by atoms with Crippen LogP contribution in [0.2, 0.25) is 5.02 Å². The zero-order chi connectivity index (χ0) is 14.7. The number of phenolic OH excluding ortho intramolecular Hbond substituents is 1. The number of benzene rings is 1. The number of aliphatic imine (C=N–C) groups is 1. The van der Waals surface area contributed by atoms with Crippen molar-refractivity contribution in [1.29, 1.82) is 5.41 Å². The third kappa shape index (κ3) is 2.95. The molecule has 4 N–H and O–H groups in total. The molecule has 0 unspecified atom stereocenters. The van der Waals surface area contributed by atoms with Crippen molar-refractivity contribution in [3.8, 4) is 5.75 Å². The van der Waals surface area contributed by atoms with E-state index < -0.39 is 0 Å². The minimum atomic E-state index is -0.0695. The number of nitrogens with zero attached hydrogens (tertiary/aromatic N) is 2. The minimum Gasteiger partial charge on any atom is -0.507 e. The van der Waals surface area contributed by atoms with E-state index in [4.69, 9.17) is 22.7 Å². The summed E-state index contributed by atoms with van der Waals surface area (Å²) in [6.07, 6.45) is 1.58. The van der Waals surface area contributed by atoms with Crippen LogP contribution in [0, 0.1) is 12.3 Å². The van der Waals surface area contributed by atoms with Gasteiger partial charge in [0.15, 0.2) is 5.84 Å². The fourth-order valence-electron chi connectivity index (χ4n) is 1.68. The maximum absolute atomic E-state index is 9.74. The lowest BCUT2D eigenvalue weighted by Gasteiger charge is -2.06. The van der Waals surface area contributed by atoms with Gasteiger partial charge in [-0.1, -0.05) is 17.7 Å². The smallest absolute Gasteiger partial charge is 0.173 e. The fourth-order valence-corrected chi connectivity index (χ4v) is 1.85. The largest absolute Gasteiger partial charge is 0.507 e. The first-order valence-corrected chi connectivity index (χ1v) is 6.20. The molecule has 0 amide bonds. The first-order valence-electron chi connectivity index (χ1n) is 5.82. The number of nitrogens with two attached hydrogens (primary N) is 1. The molecular formula is C14H13ClN4O. The molecule has 1 aromatic heterocycles. The van der Waals surface area contributed by atoms with E-state index in [2.05, 4.69) is 9.98 Å². The Labute approximate surface area is 121 Å². The summed E-state index contributed by atoms with van der Waals surface area (Å²) in [5, 5.41) is 18.1. The number of halogens is 1. The molecule has 0 fully saturated rings. The number of aryl methyl sites for hydroxylation is 1. The Hall–Kier alpha value is -2.40. The van der Waals surface area contributed by atoms with Crippen LogP contribution < -0.4 is 5.73 Å². The Morgan fingerprint density at radius 1 is 1.40 bits per heavy atom. The number of hydrogen-bond donors (Lipinski definition) is 3. The molecule has 1 aromatic carbocycles. The van der Waals surface area contributed by atoms with Gasteiger partial charge in [0.05, 0.1) is 5.56 Å². The van der Waals surface area contributed by atoms with Crippen LogP contribution >= 0.6 is 11.6 Å². The summed E-state index contributed by atoms with van der Waals surface area (Å²) in [7, 11) is 0. The van der Waals surface area contributed by atoms with Crippen LogP contribution in [0.1, 0.15) is 16.8 Å². The molecule has 0 radical (unpaired) electrons. The topological polar surface area (TPSA) is 95.4 Å². The molecule has 0 saturated carbocycles. The summed E-state index contributed by atoms with van der Waals surface area (Å²) in [4.78, 5) is 8.07. The molecule has 0 aliphatic heterocycles. The van der Waals surface area contributed by atoms with Crippen LogP contribution in [0.25, 0.3) is 0 Å². The van der Waals surface area contributed by atoms with E-state index in [9.17, 15) is 5.11 Å². The number of pyridine rings is 1. The van der Waals surface area contributed by atoms with Crippen molar-refractivity contribution in [1.82, 2.24) is 4.98 Å². The number of rotatable bonds is 2. The summed E-state index contributed by atoms with van der Waals surface area (Å²) in [6.45, 7) is 1.83. The molecule has 2 rings (SSSR count). The standard InChI is InChI=1S/C14H13ClN4O/c1-8-3-2-6-18-12(8)14(17)19-13(16)10-7-9(15)4-5-11(10)20/h2-7,20H,1H3,(H3,16,17,19). The van der Waals surface area contributed by atoms with Crippen LogP contribution in [0.5, 0.6) is 5.75 Å². The van der Waals surface area contributed by atoms with Crippen LogP contribution in [-0.2, 0) is 0 Å². The lowest BCUT2D eigenvalue weighted by Crippen LogP contribution is -2.17. The van der Waals surface area contributed by atoms with Gasteiger partial charge in [-0.25, -0.2) is 4.99 Å². The SMILES string of the molecule is Cc1cccnc1C(=N)N=C(N)c1cc(Cl)ccc1O. The highest BCUT2D eigenvalue weighted by atomic mass is 35.5. The normalized spacial score (nSPS) is 11.4. The van der Waals surface area contributed by atoms with Gasteiger partial charge in [0.25, 0.3) is 0 Å². The summed E-state index contributed by atoms with van der Waals surface area (Å²) >= 11 is 5.85. The number of phenols is 1. The van der Waals surface area contributed by atoms with Crippen molar-refractivity contribution in [2.45, 2.75) is 6.92 Å². The van der Waals surface area contributed by atoms with Gasteiger partial charge in [0.2, 0.25) is 0 Å². The highest BCUT2D eigenvalue weighted by Gasteiger charge is 2.10. The predicted octanol–water partition coefficient (Wildman–Crippen LogP) is 2.48. The van der Waals surface area contributed by atoms with Crippen molar-refractivity contribution in [3.63, 3.8) is 0 Å². The average Bonchev–Trinajstić information content (AvgIpc) is 2.41. The Bertz CT molecular complexity index is 697. The van der Waals surface area contributed by atoms with Crippen molar-refractivity contribution in [3.05, 3.63) is 58.4 Å². The lowest BCUT2D eigenvalue weighted by atomic mass is 10.1. The van der Waals surface area contributed by atoms with Gasteiger partial charge >= 0.3 is 0 Å². The lowest BCUT2D eigenvalue weighted by molar-refractivity contribution is 0.474. The van der Waals surface area contributed by atoms with Crippen LogP contribution in [-0.4, -0.2) is 21.8 Å².